The molecule has 0 aromatic heterocycles. The fraction of sp³-hybridized carbons (Fsp3) is 0.818. The Labute approximate surface area is 100 Å². The van der Waals surface area contributed by atoms with Gasteiger partial charge in [0.25, 0.3) is 0 Å². The molecule has 17 heavy (non-hydrogen) atoms. The number of nitrogens with one attached hydrogen (secondary N) is 1. The van der Waals surface area contributed by atoms with Crippen LogP contribution in [0, 0.1) is 5.41 Å². The fourth-order valence-corrected chi connectivity index (χ4v) is 2.65. The van der Waals surface area contributed by atoms with Crippen LogP contribution in [0.25, 0.3) is 0 Å². The summed E-state index contributed by atoms with van der Waals surface area (Å²) in [5.74, 6) is -0.0905. The van der Waals surface area contributed by atoms with Gasteiger partial charge in [0.05, 0.1) is 12.6 Å². The fourth-order valence-electron chi connectivity index (χ4n) is 2.65. The lowest BCUT2D eigenvalue weighted by atomic mass is 9.83. The molecular weight excluding hydrogens is 222 g/mol. The van der Waals surface area contributed by atoms with Crippen LogP contribution in [0.4, 0.5) is 0 Å². The van der Waals surface area contributed by atoms with Gasteiger partial charge in [-0.05, 0) is 19.3 Å². The highest BCUT2D eigenvalue weighted by atomic mass is 16.5. The SMILES string of the molecule is NC(=NO)C1(C(=O)NC2CCOC2)CCCC1. The van der Waals surface area contributed by atoms with Crippen molar-refractivity contribution in [2.24, 2.45) is 16.3 Å². The predicted octanol–water partition coefficient (Wildman–Crippen LogP) is 0.198. The molecule has 1 saturated heterocycles. The minimum atomic E-state index is -0.808. The van der Waals surface area contributed by atoms with Gasteiger partial charge < -0.3 is 21.0 Å². The van der Waals surface area contributed by atoms with E-state index in [0.29, 0.717) is 26.1 Å². The average molecular weight is 241 g/mol. The van der Waals surface area contributed by atoms with Crippen LogP contribution in [0.5, 0.6) is 0 Å². The molecule has 2 aliphatic rings. The number of hydrogen-bond acceptors (Lipinski definition) is 4. The number of carbonyl (C=O) groups is 1. The zero-order chi connectivity index (χ0) is 12.3. The van der Waals surface area contributed by atoms with E-state index in [0.717, 1.165) is 19.3 Å². The summed E-state index contributed by atoms with van der Waals surface area (Å²) in [4.78, 5) is 12.3. The molecule has 0 radical (unpaired) electrons. The van der Waals surface area contributed by atoms with Crippen LogP contribution >= 0.6 is 0 Å². The molecule has 0 bridgehead atoms. The summed E-state index contributed by atoms with van der Waals surface area (Å²) in [6, 6.07) is 0.0615. The second-order valence-electron chi connectivity index (χ2n) is 4.81. The maximum Gasteiger partial charge on any atom is 0.234 e. The smallest absolute Gasteiger partial charge is 0.234 e. The third kappa shape index (κ3) is 2.22. The lowest BCUT2D eigenvalue weighted by Crippen LogP contribution is -2.51. The van der Waals surface area contributed by atoms with Crippen molar-refractivity contribution in [1.29, 1.82) is 0 Å². The van der Waals surface area contributed by atoms with Crippen molar-refractivity contribution in [1.82, 2.24) is 5.32 Å². The molecule has 0 aromatic carbocycles. The Kier molecular flexibility index (Phi) is 3.51. The third-order valence-electron chi connectivity index (χ3n) is 3.75. The van der Waals surface area contributed by atoms with Gasteiger partial charge in [-0.25, -0.2) is 0 Å². The summed E-state index contributed by atoms with van der Waals surface area (Å²) in [6.07, 6.45) is 4.01. The summed E-state index contributed by atoms with van der Waals surface area (Å²) in [6.45, 7) is 1.24. The molecule has 1 unspecified atom stereocenters. The van der Waals surface area contributed by atoms with Gasteiger partial charge >= 0.3 is 0 Å². The maximum absolute atomic E-state index is 12.3. The molecule has 6 heteroatoms. The Morgan fingerprint density at radius 3 is 2.71 bits per heavy atom. The third-order valence-corrected chi connectivity index (χ3v) is 3.75. The highest BCUT2D eigenvalue weighted by Crippen LogP contribution is 2.38. The quantitative estimate of drug-likeness (QED) is 0.284. The lowest BCUT2D eigenvalue weighted by Gasteiger charge is -2.27. The van der Waals surface area contributed by atoms with Crippen LogP contribution < -0.4 is 11.1 Å². The number of amidine groups is 1. The molecule has 6 nitrogen and oxygen atoms in total. The van der Waals surface area contributed by atoms with Crippen LogP contribution in [0.15, 0.2) is 5.16 Å². The van der Waals surface area contributed by atoms with Crippen molar-refractivity contribution in [3.8, 4) is 0 Å². The van der Waals surface area contributed by atoms with Crippen LogP contribution in [0.2, 0.25) is 0 Å². The number of ether oxygens (including phenoxy) is 1. The van der Waals surface area contributed by atoms with E-state index in [2.05, 4.69) is 10.5 Å². The summed E-state index contributed by atoms with van der Waals surface area (Å²) < 4.78 is 5.21. The van der Waals surface area contributed by atoms with Gasteiger partial charge in [0.15, 0.2) is 5.84 Å². The van der Waals surface area contributed by atoms with Crippen molar-refractivity contribution >= 4 is 11.7 Å². The summed E-state index contributed by atoms with van der Waals surface area (Å²) in [5.41, 5.74) is 4.89. The van der Waals surface area contributed by atoms with Crippen LogP contribution in [0.3, 0.4) is 0 Å². The number of rotatable bonds is 3. The van der Waals surface area contributed by atoms with Crippen molar-refractivity contribution < 1.29 is 14.7 Å². The minimum Gasteiger partial charge on any atom is -0.409 e. The molecule has 1 heterocycles. The zero-order valence-electron chi connectivity index (χ0n) is 9.82. The lowest BCUT2D eigenvalue weighted by molar-refractivity contribution is -0.128. The van der Waals surface area contributed by atoms with Gasteiger partial charge in [0, 0.05) is 6.61 Å². The first-order chi connectivity index (χ1) is 8.19. The molecule has 2 fully saturated rings. The van der Waals surface area contributed by atoms with Gasteiger partial charge in [-0.3, -0.25) is 4.79 Å². The van der Waals surface area contributed by atoms with Crippen LogP contribution in [0.1, 0.15) is 32.1 Å². The number of nitrogens with two attached hydrogens (primary N) is 1. The molecular formula is C11H19N3O3. The van der Waals surface area contributed by atoms with Crippen molar-refractivity contribution in [2.45, 2.75) is 38.1 Å². The van der Waals surface area contributed by atoms with Gasteiger partial charge in [0.2, 0.25) is 5.91 Å². The van der Waals surface area contributed by atoms with Crippen molar-refractivity contribution in [3.63, 3.8) is 0 Å². The first kappa shape index (κ1) is 12.2. The number of carbonyl (C=O) groups excluding carboxylic acids is 1. The first-order valence-electron chi connectivity index (χ1n) is 6.06. The molecule has 1 amide bonds. The number of oxime groups is 1. The monoisotopic (exact) mass is 241 g/mol. The highest BCUT2D eigenvalue weighted by molar-refractivity contribution is 6.07. The van der Waals surface area contributed by atoms with E-state index in [-0.39, 0.29) is 17.8 Å². The average Bonchev–Trinajstić information content (AvgIpc) is 2.98. The largest absolute Gasteiger partial charge is 0.409 e. The molecule has 96 valence electrons. The van der Waals surface area contributed by atoms with E-state index >= 15 is 0 Å². The minimum absolute atomic E-state index is 0.0337. The Hall–Kier alpha value is -1.30. The summed E-state index contributed by atoms with van der Waals surface area (Å²) in [7, 11) is 0. The second-order valence-corrected chi connectivity index (χ2v) is 4.81. The molecule has 1 aliphatic heterocycles. The molecule has 1 atom stereocenters. The maximum atomic E-state index is 12.3. The van der Waals surface area contributed by atoms with E-state index in [1.165, 1.54) is 0 Å². The van der Waals surface area contributed by atoms with E-state index in [1.54, 1.807) is 0 Å². The Bertz CT molecular complexity index is 318. The van der Waals surface area contributed by atoms with Gasteiger partial charge in [-0.2, -0.15) is 0 Å². The summed E-state index contributed by atoms with van der Waals surface area (Å²) in [5, 5.41) is 14.8. The standard InChI is InChI=1S/C11H19N3O3/c12-9(14-16)11(4-1-2-5-11)10(15)13-8-3-6-17-7-8/h8,16H,1-7H2,(H2,12,14)(H,13,15). The predicted molar refractivity (Wildman–Crippen MR) is 61.7 cm³/mol. The highest BCUT2D eigenvalue weighted by Gasteiger charge is 2.46. The second kappa shape index (κ2) is 4.91. The van der Waals surface area contributed by atoms with Gasteiger partial charge in [-0.1, -0.05) is 18.0 Å². The molecule has 0 spiro atoms. The Morgan fingerprint density at radius 1 is 1.47 bits per heavy atom. The summed E-state index contributed by atoms with van der Waals surface area (Å²) >= 11 is 0. The molecule has 0 aromatic rings. The molecule has 1 aliphatic carbocycles. The molecule has 1 saturated carbocycles. The Morgan fingerprint density at radius 2 is 2.18 bits per heavy atom. The zero-order valence-corrected chi connectivity index (χ0v) is 9.82. The van der Waals surface area contributed by atoms with E-state index in [1.807, 2.05) is 0 Å². The number of hydrogen-bond donors (Lipinski definition) is 3. The number of nitrogens with zero attached hydrogens (tertiary/aromatic N) is 1. The molecule has 2 rings (SSSR count). The topological polar surface area (TPSA) is 96.9 Å². The van der Waals surface area contributed by atoms with Crippen LogP contribution in [-0.2, 0) is 9.53 Å². The van der Waals surface area contributed by atoms with E-state index in [4.69, 9.17) is 15.7 Å². The first-order valence-corrected chi connectivity index (χ1v) is 6.06. The number of amides is 1. The van der Waals surface area contributed by atoms with E-state index in [9.17, 15) is 4.79 Å². The molecule has 4 N–H and O–H groups in total. The van der Waals surface area contributed by atoms with E-state index < -0.39 is 5.41 Å². The normalized spacial score (nSPS) is 28.2. The van der Waals surface area contributed by atoms with Gasteiger partial charge in [-0.15, -0.1) is 0 Å². The van der Waals surface area contributed by atoms with Crippen LogP contribution in [-0.4, -0.2) is 36.2 Å². The van der Waals surface area contributed by atoms with Gasteiger partial charge in [0.1, 0.15) is 5.41 Å². The Balaban J connectivity index is 2.07. The van der Waals surface area contributed by atoms with Crippen molar-refractivity contribution in [2.75, 3.05) is 13.2 Å². The van der Waals surface area contributed by atoms with Crippen molar-refractivity contribution in [3.05, 3.63) is 0 Å².